The number of fused-ring (bicyclic) bond motifs is 1. The first-order valence-electron chi connectivity index (χ1n) is 6.52. The average molecular weight is 269 g/mol. The molecule has 100 valence electrons. The molecule has 2 heterocycles. The van der Waals surface area contributed by atoms with Gasteiger partial charge in [-0.1, -0.05) is 17.3 Å². The largest absolute Gasteiger partial charge is 0.375 e. The molecule has 1 saturated heterocycles. The number of ether oxygens (including phenoxy) is 1. The van der Waals surface area contributed by atoms with Crippen LogP contribution in [0.5, 0.6) is 0 Å². The number of nitrogens with two attached hydrogens (primary N) is 1. The number of nitrogens with zero attached hydrogens (tertiary/aromatic N) is 3. The summed E-state index contributed by atoms with van der Waals surface area (Å²) in [6, 6.07) is 0.542. The number of aromatic nitrogens is 2. The van der Waals surface area contributed by atoms with E-state index in [0.29, 0.717) is 12.1 Å². The van der Waals surface area contributed by atoms with E-state index in [4.69, 9.17) is 10.6 Å². The molecule has 3 N–H and O–H groups in total. The molecular weight excluding hydrogens is 250 g/mol. The minimum absolute atomic E-state index is 0.411. The van der Waals surface area contributed by atoms with E-state index in [1.54, 1.807) is 0 Å². The van der Waals surface area contributed by atoms with Crippen LogP contribution in [0.3, 0.4) is 0 Å². The van der Waals surface area contributed by atoms with E-state index >= 15 is 0 Å². The van der Waals surface area contributed by atoms with E-state index in [-0.39, 0.29) is 0 Å². The van der Waals surface area contributed by atoms with E-state index in [0.717, 1.165) is 30.4 Å². The van der Waals surface area contributed by atoms with Crippen LogP contribution in [-0.4, -0.2) is 39.8 Å². The van der Waals surface area contributed by atoms with Gasteiger partial charge in [-0.15, -0.1) is 5.10 Å². The Morgan fingerprint density at radius 3 is 3.22 bits per heavy atom. The number of hydrogen-bond acceptors (Lipinski definition) is 7. The highest BCUT2D eigenvalue weighted by Crippen LogP contribution is 2.30. The predicted octanol–water partition coefficient (Wildman–Crippen LogP) is 0.967. The number of morpholine rings is 1. The van der Waals surface area contributed by atoms with Gasteiger partial charge in [0.25, 0.3) is 0 Å². The molecular formula is C11H19N5OS. The fourth-order valence-corrected chi connectivity index (χ4v) is 3.47. The lowest BCUT2D eigenvalue weighted by molar-refractivity contribution is -0.0913. The molecule has 2 aliphatic rings. The maximum absolute atomic E-state index is 5.87. The molecule has 2 unspecified atom stereocenters. The summed E-state index contributed by atoms with van der Waals surface area (Å²) >= 11 is 1.31. The fourth-order valence-electron chi connectivity index (χ4n) is 2.99. The van der Waals surface area contributed by atoms with Crippen molar-refractivity contribution in [2.45, 2.75) is 44.4 Å². The summed E-state index contributed by atoms with van der Waals surface area (Å²) in [4.78, 5) is 2.48. The van der Waals surface area contributed by atoms with Gasteiger partial charge in [0.2, 0.25) is 0 Å². The van der Waals surface area contributed by atoms with Gasteiger partial charge in [0, 0.05) is 30.7 Å². The minimum atomic E-state index is 0.411. The smallest absolute Gasteiger partial charge is 0.148 e. The zero-order valence-electron chi connectivity index (χ0n) is 10.3. The van der Waals surface area contributed by atoms with Gasteiger partial charge in [0.1, 0.15) is 10.7 Å². The molecule has 6 nitrogen and oxygen atoms in total. The Balaban J connectivity index is 1.71. The second-order valence-corrected chi connectivity index (χ2v) is 5.68. The number of rotatable bonds is 3. The molecule has 1 saturated carbocycles. The van der Waals surface area contributed by atoms with Crippen LogP contribution in [-0.2, 0) is 11.3 Å². The molecule has 0 amide bonds. The topological polar surface area (TPSA) is 76.3 Å². The van der Waals surface area contributed by atoms with Crippen molar-refractivity contribution < 1.29 is 4.74 Å². The number of hydrogen-bond donors (Lipinski definition) is 2. The lowest BCUT2D eigenvalue weighted by Gasteiger charge is -2.43. The van der Waals surface area contributed by atoms with Crippen LogP contribution in [0.2, 0.25) is 0 Å². The molecule has 2 fully saturated rings. The molecule has 0 spiro atoms. The minimum Gasteiger partial charge on any atom is -0.375 e. The van der Waals surface area contributed by atoms with E-state index in [1.165, 1.54) is 37.2 Å². The molecule has 0 aromatic carbocycles. The van der Waals surface area contributed by atoms with Gasteiger partial charge in [0.05, 0.1) is 12.7 Å². The zero-order valence-corrected chi connectivity index (χ0v) is 11.2. The maximum Gasteiger partial charge on any atom is 0.148 e. The second kappa shape index (κ2) is 5.48. The zero-order chi connectivity index (χ0) is 12.4. The lowest BCUT2D eigenvalue weighted by atomic mass is 9.90. The third-order valence-electron chi connectivity index (χ3n) is 3.89. The highest BCUT2D eigenvalue weighted by Gasteiger charge is 2.34. The molecule has 0 radical (unpaired) electrons. The quantitative estimate of drug-likeness (QED) is 0.629. The Morgan fingerprint density at radius 2 is 2.33 bits per heavy atom. The number of nitrogen functional groups attached to an aromatic ring is 1. The second-order valence-electron chi connectivity index (χ2n) is 4.92. The summed E-state index contributed by atoms with van der Waals surface area (Å²) < 4.78 is 9.83. The Labute approximate surface area is 111 Å². The van der Waals surface area contributed by atoms with Crippen LogP contribution in [0.4, 0.5) is 5.00 Å². The fraction of sp³-hybridized carbons (Fsp3) is 0.818. The molecule has 1 aliphatic carbocycles. The first kappa shape index (κ1) is 12.3. The van der Waals surface area contributed by atoms with Crippen molar-refractivity contribution in [2.75, 3.05) is 18.6 Å². The normalized spacial score (nSPS) is 28.9. The third-order valence-corrected chi connectivity index (χ3v) is 4.59. The van der Waals surface area contributed by atoms with Gasteiger partial charge in [-0.3, -0.25) is 4.90 Å². The SMILES string of the molecule is NNc1snnc1CN1CCOC2CCCCC21. The van der Waals surface area contributed by atoms with Crippen molar-refractivity contribution in [1.29, 1.82) is 0 Å². The Morgan fingerprint density at radius 1 is 1.44 bits per heavy atom. The maximum atomic E-state index is 5.87. The Bertz CT molecular complexity index is 397. The molecule has 1 aromatic heterocycles. The standard InChI is InChI=1S/C11H19N5OS/c12-13-11-8(14-15-18-11)7-16-5-6-17-10-4-2-1-3-9(10)16/h9-10,13H,1-7,12H2. The van der Waals surface area contributed by atoms with E-state index in [1.807, 2.05) is 0 Å². The number of nitrogens with one attached hydrogen (secondary N) is 1. The van der Waals surface area contributed by atoms with Crippen molar-refractivity contribution >= 4 is 16.5 Å². The van der Waals surface area contributed by atoms with Crippen LogP contribution in [0.1, 0.15) is 31.4 Å². The first-order valence-corrected chi connectivity index (χ1v) is 7.29. The summed E-state index contributed by atoms with van der Waals surface area (Å²) in [6.45, 7) is 2.62. The van der Waals surface area contributed by atoms with Crippen molar-refractivity contribution in [2.24, 2.45) is 5.84 Å². The van der Waals surface area contributed by atoms with Gasteiger partial charge in [-0.05, 0) is 12.8 Å². The van der Waals surface area contributed by atoms with Gasteiger partial charge in [-0.2, -0.15) is 0 Å². The van der Waals surface area contributed by atoms with Gasteiger partial charge in [0.15, 0.2) is 0 Å². The highest BCUT2D eigenvalue weighted by molar-refractivity contribution is 7.10. The molecule has 1 aromatic rings. The number of hydrazine groups is 1. The molecule has 3 rings (SSSR count). The van der Waals surface area contributed by atoms with Crippen LogP contribution in [0.25, 0.3) is 0 Å². The van der Waals surface area contributed by atoms with Gasteiger partial charge < -0.3 is 10.2 Å². The summed E-state index contributed by atoms with van der Waals surface area (Å²) in [5.74, 6) is 5.47. The molecule has 2 atom stereocenters. The lowest BCUT2D eigenvalue weighted by Crippen LogP contribution is -2.52. The Hall–Kier alpha value is -0.760. The highest BCUT2D eigenvalue weighted by atomic mass is 32.1. The molecule has 0 bridgehead atoms. The molecule has 7 heteroatoms. The van der Waals surface area contributed by atoms with Crippen molar-refractivity contribution in [3.05, 3.63) is 5.69 Å². The first-order chi connectivity index (χ1) is 8.88. The molecule has 1 aliphatic heterocycles. The number of anilines is 1. The summed E-state index contributed by atoms with van der Waals surface area (Å²) in [5.41, 5.74) is 3.63. The van der Waals surface area contributed by atoms with E-state index < -0.39 is 0 Å². The van der Waals surface area contributed by atoms with Crippen molar-refractivity contribution in [3.8, 4) is 0 Å². The predicted molar refractivity (Wildman–Crippen MR) is 70.1 cm³/mol. The van der Waals surface area contributed by atoms with Crippen molar-refractivity contribution in [3.63, 3.8) is 0 Å². The molecule has 18 heavy (non-hydrogen) atoms. The van der Waals surface area contributed by atoms with Crippen LogP contribution in [0.15, 0.2) is 0 Å². The van der Waals surface area contributed by atoms with Gasteiger partial charge in [-0.25, -0.2) is 5.84 Å². The monoisotopic (exact) mass is 269 g/mol. The summed E-state index contributed by atoms with van der Waals surface area (Å²) in [7, 11) is 0. The van der Waals surface area contributed by atoms with Crippen LogP contribution < -0.4 is 11.3 Å². The van der Waals surface area contributed by atoms with E-state index in [2.05, 4.69) is 19.9 Å². The van der Waals surface area contributed by atoms with Gasteiger partial charge >= 0.3 is 0 Å². The average Bonchev–Trinajstić information content (AvgIpc) is 2.86. The summed E-state index contributed by atoms with van der Waals surface area (Å²) in [6.07, 6.45) is 5.43. The summed E-state index contributed by atoms with van der Waals surface area (Å²) in [5, 5.41) is 5.03. The Kier molecular flexibility index (Phi) is 3.74. The van der Waals surface area contributed by atoms with Crippen LogP contribution >= 0.6 is 11.5 Å². The third kappa shape index (κ3) is 2.35. The van der Waals surface area contributed by atoms with Crippen molar-refractivity contribution in [1.82, 2.24) is 14.5 Å². The van der Waals surface area contributed by atoms with E-state index in [9.17, 15) is 0 Å². The van der Waals surface area contributed by atoms with Crippen LogP contribution in [0, 0.1) is 0 Å².